The van der Waals surface area contributed by atoms with Crippen molar-refractivity contribution in [3.63, 3.8) is 0 Å². The van der Waals surface area contributed by atoms with E-state index in [2.05, 4.69) is 44.2 Å². The Bertz CT molecular complexity index is 900. The number of hydrogen-bond acceptors (Lipinski definition) is 6. The molecule has 30 heavy (non-hydrogen) atoms. The Morgan fingerprint density at radius 2 is 1.73 bits per heavy atom. The van der Waals surface area contributed by atoms with E-state index in [1.807, 2.05) is 30.3 Å². The molecule has 3 rings (SSSR count). The molecule has 2 aromatic carbocycles. The second-order valence-electron chi connectivity index (χ2n) is 7.00. The lowest BCUT2D eigenvalue weighted by atomic mass is 10.1. The lowest BCUT2D eigenvalue weighted by molar-refractivity contribution is 0.276. The highest BCUT2D eigenvalue weighted by Gasteiger charge is 2.10. The van der Waals surface area contributed by atoms with Gasteiger partial charge >= 0.3 is 8.25 Å². The van der Waals surface area contributed by atoms with Crippen LogP contribution in [0.15, 0.2) is 59.1 Å². The molecule has 3 aromatic rings. The van der Waals surface area contributed by atoms with Crippen molar-refractivity contribution >= 4 is 8.25 Å². The Hall–Kier alpha value is -2.44. The Morgan fingerprint density at radius 3 is 2.50 bits per heavy atom. The van der Waals surface area contributed by atoms with Crippen LogP contribution in [-0.2, 0) is 28.5 Å². The van der Waals surface area contributed by atoms with Gasteiger partial charge in [0.1, 0.15) is 6.61 Å². The van der Waals surface area contributed by atoms with Gasteiger partial charge in [-0.25, -0.2) is 0 Å². The molecule has 0 saturated heterocycles. The zero-order chi connectivity index (χ0) is 21.0. The van der Waals surface area contributed by atoms with Crippen LogP contribution >= 0.6 is 8.25 Å². The van der Waals surface area contributed by atoms with Crippen LogP contribution in [0, 0.1) is 0 Å². The lowest BCUT2D eigenvalue weighted by Gasteiger charge is -2.04. The number of aromatic nitrogens is 2. The average molecular weight is 428 g/mol. The monoisotopic (exact) mass is 428 g/mol. The van der Waals surface area contributed by atoms with Gasteiger partial charge in [0, 0.05) is 23.1 Å². The number of nitrogens with zero attached hydrogens (tertiary/aromatic N) is 2. The first-order chi connectivity index (χ1) is 14.7. The number of aryl methyl sites for hydroxylation is 2. The second-order valence-corrected chi connectivity index (χ2v) is 7.74. The zero-order valence-electron chi connectivity index (χ0n) is 16.9. The third-order valence-electron chi connectivity index (χ3n) is 4.66. The normalized spacial score (nSPS) is 11.6. The summed E-state index contributed by atoms with van der Waals surface area (Å²) in [6.07, 6.45) is 4.63. The first-order valence-electron chi connectivity index (χ1n) is 10.2. The van der Waals surface area contributed by atoms with Crippen LogP contribution < -0.4 is 5.32 Å². The molecule has 1 heterocycles. The van der Waals surface area contributed by atoms with Gasteiger partial charge < -0.3 is 9.84 Å². The van der Waals surface area contributed by atoms with Crippen molar-refractivity contribution in [1.82, 2.24) is 15.5 Å². The molecule has 0 aliphatic carbocycles. The fourth-order valence-electron chi connectivity index (χ4n) is 3.07. The number of benzene rings is 2. The molecule has 0 saturated carbocycles. The van der Waals surface area contributed by atoms with Crippen LogP contribution in [0.3, 0.4) is 0 Å². The summed E-state index contributed by atoms with van der Waals surface area (Å²) in [4.78, 5) is 13.1. The highest BCUT2D eigenvalue weighted by molar-refractivity contribution is 7.32. The van der Waals surface area contributed by atoms with Crippen molar-refractivity contribution in [1.29, 1.82) is 0 Å². The van der Waals surface area contributed by atoms with Crippen molar-refractivity contribution in [3.8, 4) is 11.4 Å². The SMILES string of the molecule is O=[P+](O)OCCCNCc1ccc(-c2noc(CCCCc3ccccc3)n2)cc1. The van der Waals surface area contributed by atoms with Crippen LogP contribution in [0.5, 0.6) is 0 Å². The van der Waals surface area contributed by atoms with Gasteiger partial charge in [-0.2, -0.15) is 4.98 Å². The van der Waals surface area contributed by atoms with Crippen molar-refractivity contribution < 1.29 is 18.5 Å². The Kier molecular flexibility index (Phi) is 9.12. The van der Waals surface area contributed by atoms with Crippen molar-refractivity contribution in [2.45, 2.75) is 38.6 Å². The standard InChI is InChI=1S/C22H26N3O4P/c26-30(27)28-16-6-15-23-17-19-11-13-20(14-12-19)22-24-21(29-25-22)10-5-4-9-18-7-2-1-3-8-18/h1-3,7-8,11-14,23H,4-6,9-10,15-17H2/p+1. The Balaban J connectivity index is 1.38. The average Bonchev–Trinajstić information content (AvgIpc) is 3.24. The molecule has 1 unspecified atom stereocenters. The summed E-state index contributed by atoms with van der Waals surface area (Å²) >= 11 is 0. The van der Waals surface area contributed by atoms with E-state index < -0.39 is 8.25 Å². The highest BCUT2D eigenvalue weighted by atomic mass is 31.1. The molecule has 0 aliphatic rings. The van der Waals surface area contributed by atoms with E-state index in [-0.39, 0.29) is 6.61 Å². The van der Waals surface area contributed by atoms with E-state index >= 15 is 0 Å². The Morgan fingerprint density at radius 1 is 0.967 bits per heavy atom. The van der Waals surface area contributed by atoms with E-state index in [0.717, 1.165) is 36.8 Å². The van der Waals surface area contributed by atoms with Gasteiger partial charge in [-0.1, -0.05) is 59.8 Å². The molecule has 0 amide bonds. The number of hydrogen-bond donors (Lipinski definition) is 2. The number of nitrogens with one attached hydrogen (secondary N) is 1. The molecule has 7 nitrogen and oxygen atoms in total. The van der Waals surface area contributed by atoms with Crippen molar-refractivity contribution in [2.24, 2.45) is 0 Å². The summed E-state index contributed by atoms with van der Waals surface area (Å²) in [5.41, 5.74) is 3.42. The van der Waals surface area contributed by atoms with Gasteiger partial charge in [0.2, 0.25) is 11.7 Å². The van der Waals surface area contributed by atoms with Crippen molar-refractivity contribution in [3.05, 3.63) is 71.6 Å². The molecular weight excluding hydrogens is 401 g/mol. The number of rotatable bonds is 13. The molecule has 0 bridgehead atoms. The van der Waals surface area contributed by atoms with E-state index in [1.165, 1.54) is 5.56 Å². The van der Waals surface area contributed by atoms with Gasteiger partial charge in [-0.05, 0) is 43.4 Å². The van der Waals surface area contributed by atoms with Gasteiger partial charge in [-0.3, -0.25) is 0 Å². The van der Waals surface area contributed by atoms with Gasteiger partial charge in [0.15, 0.2) is 0 Å². The van der Waals surface area contributed by atoms with Crippen LogP contribution in [0.2, 0.25) is 0 Å². The maximum atomic E-state index is 10.4. The molecule has 8 heteroatoms. The molecule has 158 valence electrons. The minimum absolute atomic E-state index is 0.268. The predicted octanol–water partition coefficient (Wildman–Crippen LogP) is 4.45. The summed E-state index contributed by atoms with van der Waals surface area (Å²) in [6.45, 7) is 1.69. The summed E-state index contributed by atoms with van der Waals surface area (Å²) in [5.74, 6) is 1.29. The molecule has 0 spiro atoms. The third kappa shape index (κ3) is 7.76. The molecular formula is C22H27N3O4P+. The minimum Gasteiger partial charge on any atom is -0.339 e. The topological polar surface area (TPSA) is 97.5 Å². The molecule has 1 aromatic heterocycles. The van der Waals surface area contributed by atoms with E-state index in [9.17, 15) is 4.57 Å². The molecule has 0 fully saturated rings. The van der Waals surface area contributed by atoms with Gasteiger partial charge in [0.25, 0.3) is 0 Å². The molecule has 1 atom stereocenters. The summed E-state index contributed by atoms with van der Waals surface area (Å²) < 4.78 is 20.4. The first kappa shape index (κ1) is 22.2. The largest absolute Gasteiger partial charge is 0.694 e. The van der Waals surface area contributed by atoms with E-state index in [0.29, 0.717) is 31.2 Å². The van der Waals surface area contributed by atoms with Crippen molar-refractivity contribution in [2.75, 3.05) is 13.2 Å². The molecule has 0 aliphatic heterocycles. The number of unbranched alkanes of at least 4 members (excludes halogenated alkanes) is 1. The van der Waals surface area contributed by atoms with Gasteiger partial charge in [0.05, 0.1) is 0 Å². The summed E-state index contributed by atoms with van der Waals surface area (Å²) in [6, 6.07) is 18.5. The van der Waals surface area contributed by atoms with E-state index in [4.69, 9.17) is 9.42 Å². The Labute approximate surface area is 177 Å². The smallest absolute Gasteiger partial charge is 0.339 e. The fourth-order valence-corrected chi connectivity index (χ4v) is 3.35. The maximum Gasteiger partial charge on any atom is 0.694 e. The van der Waals surface area contributed by atoms with Gasteiger partial charge in [-0.15, -0.1) is 9.42 Å². The van der Waals surface area contributed by atoms with Crippen LogP contribution in [-0.4, -0.2) is 28.2 Å². The lowest BCUT2D eigenvalue weighted by Crippen LogP contribution is -2.15. The summed E-state index contributed by atoms with van der Waals surface area (Å²) in [5, 5.41) is 7.38. The van der Waals surface area contributed by atoms with Crippen LogP contribution in [0.4, 0.5) is 0 Å². The quantitative estimate of drug-likeness (QED) is 0.307. The van der Waals surface area contributed by atoms with Crippen LogP contribution in [0.25, 0.3) is 11.4 Å². The first-order valence-corrected chi connectivity index (χ1v) is 11.3. The second kappa shape index (κ2) is 12.3. The maximum absolute atomic E-state index is 10.4. The molecule has 2 N–H and O–H groups in total. The fraction of sp³-hybridized carbons (Fsp3) is 0.364. The predicted molar refractivity (Wildman–Crippen MR) is 115 cm³/mol. The third-order valence-corrected chi connectivity index (χ3v) is 5.06. The highest BCUT2D eigenvalue weighted by Crippen LogP contribution is 2.18. The zero-order valence-corrected chi connectivity index (χ0v) is 17.8. The van der Waals surface area contributed by atoms with Crippen LogP contribution in [0.1, 0.15) is 36.3 Å². The van der Waals surface area contributed by atoms with E-state index in [1.54, 1.807) is 0 Å². The summed E-state index contributed by atoms with van der Waals surface area (Å²) in [7, 11) is -2.50. The molecule has 0 radical (unpaired) electrons. The minimum atomic E-state index is -2.50.